The van der Waals surface area contributed by atoms with Gasteiger partial charge in [-0.05, 0) is 35.4 Å². The fourth-order valence-electron chi connectivity index (χ4n) is 3.51. The number of hydrogen-bond acceptors (Lipinski definition) is 7. The predicted octanol–water partition coefficient (Wildman–Crippen LogP) is 4.49. The minimum atomic E-state index is -0.571. The minimum absolute atomic E-state index is 0.0831. The smallest absolute Gasteiger partial charge is 0.292 e. The van der Waals surface area contributed by atoms with Crippen molar-refractivity contribution >= 4 is 12.0 Å². The van der Waals surface area contributed by atoms with Crippen LogP contribution in [-0.4, -0.2) is 32.2 Å². The molecule has 0 bridgehead atoms. The van der Waals surface area contributed by atoms with Crippen molar-refractivity contribution in [2.75, 3.05) is 21.0 Å². The van der Waals surface area contributed by atoms with Crippen LogP contribution >= 0.6 is 0 Å². The van der Waals surface area contributed by atoms with Gasteiger partial charge in [0.1, 0.15) is 22.6 Å². The van der Waals surface area contributed by atoms with Crippen LogP contribution in [0.2, 0.25) is 0 Å². The average Bonchev–Trinajstić information content (AvgIpc) is 3.26. The summed E-state index contributed by atoms with van der Waals surface area (Å²) < 4.78 is 21.6. The lowest BCUT2D eigenvalue weighted by molar-refractivity contribution is -0.384. The van der Waals surface area contributed by atoms with Gasteiger partial charge in [-0.15, -0.1) is 0 Å². The fourth-order valence-corrected chi connectivity index (χ4v) is 3.51. The van der Waals surface area contributed by atoms with Crippen molar-refractivity contribution < 1.29 is 28.7 Å². The summed E-state index contributed by atoms with van der Waals surface area (Å²) in [6, 6.07) is 13.5. The highest BCUT2D eigenvalue weighted by Crippen LogP contribution is 2.54. The molecule has 0 unspecified atom stereocenters. The zero-order chi connectivity index (χ0) is 21.3. The van der Waals surface area contributed by atoms with E-state index in [4.69, 9.17) is 18.9 Å². The van der Waals surface area contributed by atoms with Crippen molar-refractivity contribution in [1.29, 1.82) is 0 Å². The summed E-state index contributed by atoms with van der Waals surface area (Å²) in [5.74, 6) is 1.73. The van der Waals surface area contributed by atoms with Gasteiger partial charge in [0, 0.05) is 5.56 Å². The molecule has 3 aromatic carbocycles. The van der Waals surface area contributed by atoms with E-state index in [1.807, 2.05) is 0 Å². The second kappa shape index (κ2) is 7.75. The number of carbonyl (C=O) groups is 1. The molecule has 152 valence electrons. The lowest BCUT2D eigenvalue weighted by Crippen LogP contribution is -2.02. The van der Waals surface area contributed by atoms with Crippen molar-refractivity contribution in [2.24, 2.45) is 0 Å². The molecule has 4 rings (SSSR count). The SMILES string of the molecule is COc1ccc(-c2c(C=O)c([N+](=O)[O-])c(-c3ccc(OC)cc3)c3c2OCO3)cc1. The molecule has 8 heteroatoms. The molecule has 30 heavy (non-hydrogen) atoms. The van der Waals surface area contributed by atoms with Gasteiger partial charge in [0.2, 0.25) is 6.79 Å². The number of fused-ring (bicyclic) bond motifs is 1. The third-order valence-corrected chi connectivity index (χ3v) is 4.89. The number of benzene rings is 3. The molecule has 0 saturated carbocycles. The van der Waals surface area contributed by atoms with Gasteiger partial charge >= 0.3 is 0 Å². The Balaban J connectivity index is 2.04. The zero-order valence-corrected chi connectivity index (χ0v) is 16.2. The van der Waals surface area contributed by atoms with Crippen LogP contribution in [-0.2, 0) is 0 Å². The Labute approximate surface area is 171 Å². The first-order valence-electron chi connectivity index (χ1n) is 8.97. The molecule has 0 fully saturated rings. The molecule has 0 radical (unpaired) electrons. The van der Waals surface area contributed by atoms with Crippen LogP contribution in [0.5, 0.6) is 23.0 Å². The molecule has 0 N–H and O–H groups in total. The van der Waals surface area contributed by atoms with Crippen molar-refractivity contribution in [1.82, 2.24) is 0 Å². The van der Waals surface area contributed by atoms with Crippen LogP contribution < -0.4 is 18.9 Å². The van der Waals surface area contributed by atoms with Crippen LogP contribution in [0.1, 0.15) is 10.4 Å². The third kappa shape index (κ3) is 3.08. The monoisotopic (exact) mass is 407 g/mol. The van der Waals surface area contributed by atoms with E-state index in [1.165, 1.54) is 14.2 Å². The second-order valence-corrected chi connectivity index (χ2v) is 6.41. The van der Waals surface area contributed by atoms with E-state index in [-0.39, 0.29) is 29.4 Å². The quantitative estimate of drug-likeness (QED) is 0.337. The molecule has 0 spiro atoms. The topological polar surface area (TPSA) is 97.1 Å². The molecule has 3 aromatic rings. The maximum Gasteiger partial charge on any atom is 0.292 e. The van der Waals surface area contributed by atoms with E-state index in [0.717, 1.165) is 0 Å². The Kier molecular flexibility index (Phi) is 4.97. The molecule has 1 aliphatic rings. The maximum atomic E-state index is 12.1. The van der Waals surface area contributed by atoms with Gasteiger partial charge in [-0.1, -0.05) is 24.3 Å². The van der Waals surface area contributed by atoms with Crippen LogP contribution in [0.3, 0.4) is 0 Å². The Morgan fingerprint density at radius 1 is 0.867 bits per heavy atom. The summed E-state index contributed by atoms with van der Waals surface area (Å²) in [6.45, 7) is -0.110. The lowest BCUT2D eigenvalue weighted by atomic mass is 9.91. The summed E-state index contributed by atoms with van der Waals surface area (Å²) in [4.78, 5) is 23.6. The van der Waals surface area contributed by atoms with E-state index in [1.54, 1.807) is 48.5 Å². The molecule has 0 aliphatic carbocycles. The molecule has 1 aliphatic heterocycles. The number of nitro benzene ring substituents is 1. The third-order valence-electron chi connectivity index (χ3n) is 4.89. The molecule has 8 nitrogen and oxygen atoms in total. The van der Waals surface area contributed by atoms with E-state index < -0.39 is 4.92 Å². The molecule has 0 atom stereocenters. The minimum Gasteiger partial charge on any atom is -0.497 e. The normalized spacial score (nSPS) is 11.8. The summed E-state index contributed by atoms with van der Waals surface area (Å²) in [5, 5.41) is 12.1. The van der Waals surface area contributed by atoms with E-state index >= 15 is 0 Å². The highest BCUT2D eigenvalue weighted by atomic mass is 16.7. The van der Waals surface area contributed by atoms with Gasteiger partial charge in [0.25, 0.3) is 5.69 Å². The Morgan fingerprint density at radius 2 is 1.33 bits per heavy atom. The number of nitro groups is 1. The molecule has 1 heterocycles. The highest BCUT2D eigenvalue weighted by molar-refractivity contribution is 6.03. The number of ether oxygens (including phenoxy) is 4. The van der Waals surface area contributed by atoms with Crippen LogP contribution in [0.4, 0.5) is 5.69 Å². The summed E-state index contributed by atoms with van der Waals surface area (Å²) in [6.07, 6.45) is 0.479. The molecular weight excluding hydrogens is 390 g/mol. The predicted molar refractivity (Wildman–Crippen MR) is 109 cm³/mol. The van der Waals surface area contributed by atoms with Crippen molar-refractivity contribution in [3.05, 3.63) is 64.2 Å². The van der Waals surface area contributed by atoms with Gasteiger partial charge in [-0.2, -0.15) is 0 Å². The van der Waals surface area contributed by atoms with Gasteiger partial charge in [0.15, 0.2) is 17.8 Å². The Bertz CT molecular complexity index is 1120. The maximum absolute atomic E-state index is 12.1. The van der Waals surface area contributed by atoms with Gasteiger partial charge in [0.05, 0.1) is 19.1 Å². The highest BCUT2D eigenvalue weighted by Gasteiger charge is 2.36. The number of hydrogen-bond donors (Lipinski definition) is 0. The first-order chi connectivity index (χ1) is 14.6. The number of aldehydes is 1. The van der Waals surface area contributed by atoms with Crippen molar-refractivity contribution in [2.45, 2.75) is 0 Å². The van der Waals surface area contributed by atoms with Crippen molar-refractivity contribution in [3.8, 4) is 45.3 Å². The average molecular weight is 407 g/mol. The molecular formula is C22H17NO7. The first-order valence-corrected chi connectivity index (χ1v) is 8.97. The zero-order valence-electron chi connectivity index (χ0n) is 16.2. The first kappa shape index (κ1) is 19.3. The number of rotatable bonds is 6. The second-order valence-electron chi connectivity index (χ2n) is 6.41. The summed E-state index contributed by atoms with van der Waals surface area (Å²) in [7, 11) is 3.06. The van der Waals surface area contributed by atoms with Crippen LogP contribution in [0, 0.1) is 10.1 Å². The van der Waals surface area contributed by atoms with E-state index in [2.05, 4.69) is 0 Å². The molecule has 0 saturated heterocycles. The number of carbonyl (C=O) groups excluding carboxylic acids is 1. The fraction of sp³-hybridized carbons (Fsp3) is 0.136. The van der Waals surface area contributed by atoms with Crippen LogP contribution in [0.25, 0.3) is 22.3 Å². The Morgan fingerprint density at radius 3 is 1.77 bits per heavy atom. The Hall–Kier alpha value is -4.07. The molecule has 0 amide bonds. The summed E-state index contributed by atoms with van der Waals surface area (Å²) >= 11 is 0. The summed E-state index contributed by atoms with van der Waals surface area (Å²) in [5.41, 5.74) is 1.15. The van der Waals surface area contributed by atoms with Gasteiger partial charge < -0.3 is 18.9 Å². The van der Waals surface area contributed by atoms with Crippen LogP contribution in [0.15, 0.2) is 48.5 Å². The number of nitrogens with zero attached hydrogens (tertiary/aromatic N) is 1. The number of methoxy groups -OCH3 is 2. The largest absolute Gasteiger partial charge is 0.497 e. The van der Waals surface area contributed by atoms with Crippen molar-refractivity contribution in [3.63, 3.8) is 0 Å². The van der Waals surface area contributed by atoms with E-state index in [9.17, 15) is 14.9 Å². The lowest BCUT2D eigenvalue weighted by Gasteiger charge is -2.15. The van der Waals surface area contributed by atoms with Gasteiger partial charge in [-0.25, -0.2) is 0 Å². The standard InChI is InChI=1S/C22H17NO7/c1-27-15-7-3-13(4-8-15)18-17(11-24)20(23(25)26)19(22-21(18)29-12-30-22)14-5-9-16(28-2)10-6-14/h3-11H,12H2,1-2H3. The van der Waals surface area contributed by atoms with E-state index in [0.29, 0.717) is 40.2 Å². The molecule has 0 aromatic heterocycles. The van der Waals surface area contributed by atoms with Gasteiger partial charge in [-0.3, -0.25) is 14.9 Å².